The Morgan fingerprint density at radius 2 is 2.44 bits per heavy atom. The van der Waals surface area contributed by atoms with E-state index >= 15 is 0 Å². The summed E-state index contributed by atoms with van der Waals surface area (Å²) >= 11 is 1.37. The number of aliphatic imine (C=N–C) groups is 1. The molecule has 1 heterocycles. The van der Waals surface area contributed by atoms with Gasteiger partial charge < -0.3 is 16.4 Å². The highest BCUT2D eigenvalue weighted by molar-refractivity contribution is 7.11. The Labute approximate surface area is 111 Å². The van der Waals surface area contributed by atoms with E-state index in [1.165, 1.54) is 11.3 Å². The van der Waals surface area contributed by atoms with Crippen molar-refractivity contribution in [2.45, 2.75) is 18.9 Å². The third-order valence-corrected chi connectivity index (χ3v) is 3.31. The fourth-order valence-corrected chi connectivity index (χ4v) is 2.13. The van der Waals surface area contributed by atoms with E-state index in [-0.39, 0.29) is 11.8 Å². The van der Waals surface area contributed by atoms with Crippen LogP contribution in [0.15, 0.2) is 16.6 Å². The van der Waals surface area contributed by atoms with E-state index in [0.29, 0.717) is 17.5 Å². The quantitative estimate of drug-likeness (QED) is 0.285. The van der Waals surface area contributed by atoms with Gasteiger partial charge in [0.05, 0.1) is 6.04 Å². The smallest absolute Gasteiger partial charge is 0.208 e. The number of likely N-dealkylation sites (N-methyl/N-ethyl adjacent to an activating group) is 1. The Morgan fingerprint density at radius 3 is 3.00 bits per heavy atom. The second-order valence-electron chi connectivity index (χ2n) is 3.72. The van der Waals surface area contributed by atoms with E-state index in [1.54, 1.807) is 25.7 Å². The zero-order valence-corrected chi connectivity index (χ0v) is 11.5. The first-order valence-electron chi connectivity index (χ1n) is 5.76. The molecule has 1 aromatic heterocycles. The predicted octanol–water partition coefficient (Wildman–Crippen LogP) is 0.228. The van der Waals surface area contributed by atoms with Gasteiger partial charge >= 0.3 is 0 Å². The third kappa shape index (κ3) is 4.42. The number of rotatable bonds is 7. The number of nitrogens with two attached hydrogens (primary N) is 1. The van der Waals surface area contributed by atoms with Gasteiger partial charge in [0.15, 0.2) is 11.0 Å². The maximum absolute atomic E-state index is 12.0. The van der Waals surface area contributed by atoms with Crippen LogP contribution in [0, 0.1) is 0 Å². The van der Waals surface area contributed by atoms with E-state index < -0.39 is 0 Å². The van der Waals surface area contributed by atoms with Crippen LogP contribution in [-0.4, -0.2) is 43.4 Å². The monoisotopic (exact) mass is 269 g/mol. The van der Waals surface area contributed by atoms with Crippen LogP contribution in [0.5, 0.6) is 0 Å². The number of Topliss-reactive ketones (excluding diaryl/α,β-unsaturated/α-hetero) is 1. The third-order valence-electron chi connectivity index (χ3n) is 2.52. The predicted molar refractivity (Wildman–Crippen MR) is 74.1 cm³/mol. The highest BCUT2D eigenvalue weighted by Crippen LogP contribution is 2.10. The molecule has 1 unspecified atom stereocenters. The van der Waals surface area contributed by atoms with Gasteiger partial charge in [-0.25, -0.2) is 4.98 Å². The number of aromatic nitrogens is 1. The van der Waals surface area contributed by atoms with Gasteiger partial charge in [0.1, 0.15) is 0 Å². The lowest BCUT2D eigenvalue weighted by molar-refractivity contribution is 0.0941. The van der Waals surface area contributed by atoms with Crippen molar-refractivity contribution in [3.63, 3.8) is 0 Å². The van der Waals surface area contributed by atoms with Crippen LogP contribution >= 0.6 is 11.3 Å². The standard InChI is InChI=1S/C11H19N5OS/c1-13-8(4-3-5-16-11(12)14-2)9(17)10-15-6-7-18-10/h6-8,13H,3-5H2,1-2H3,(H3,12,14,16). The largest absolute Gasteiger partial charge is 0.370 e. The summed E-state index contributed by atoms with van der Waals surface area (Å²) in [6, 6.07) is -0.197. The van der Waals surface area contributed by atoms with E-state index in [4.69, 9.17) is 5.73 Å². The van der Waals surface area contributed by atoms with Gasteiger partial charge in [0.25, 0.3) is 0 Å². The first-order chi connectivity index (χ1) is 8.69. The number of guanidine groups is 1. The molecule has 0 fully saturated rings. The minimum atomic E-state index is -0.197. The number of carbonyl (C=O) groups is 1. The number of thiazole rings is 1. The number of carbonyl (C=O) groups excluding carboxylic acids is 1. The number of ketones is 1. The van der Waals surface area contributed by atoms with Gasteiger partial charge in [0.2, 0.25) is 5.78 Å². The van der Waals surface area contributed by atoms with Crippen LogP contribution in [0.25, 0.3) is 0 Å². The summed E-state index contributed by atoms with van der Waals surface area (Å²) in [6.45, 7) is 0.701. The van der Waals surface area contributed by atoms with E-state index in [9.17, 15) is 4.79 Å². The minimum absolute atomic E-state index is 0.0460. The second kappa shape index (κ2) is 7.78. The zero-order chi connectivity index (χ0) is 13.4. The van der Waals surface area contributed by atoms with Crippen LogP contribution in [0.1, 0.15) is 22.6 Å². The van der Waals surface area contributed by atoms with Crippen molar-refractivity contribution in [2.24, 2.45) is 10.7 Å². The van der Waals surface area contributed by atoms with Crippen molar-refractivity contribution in [1.82, 2.24) is 15.6 Å². The molecule has 1 rings (SSSR count). The first-order valence-corrected chi connectivity index (χ1v) is 6.64. The molecule has 0 radical (unpaired) electrons. The van der Waals surface area contributed by atoms with Crippen molar-refractivity contribution < 1.29 is 4.79 Å². The van der Waals surface area contributed by atoms with Crippen LogP contribution < -0.4 is 16.4 Å². The van der Waals surface area contributed by atoms with Crippen LogP contribution in [0.3, 0.4) is 0 Å². The minimum Gasteiger partial charge on any atom is -0.370 e. The lowest BCUT2D eigenvalue weighted by Gasteiger charge is -2.13. The van der Waals surface area contributed by atoms with E-state index in [1.807, 2.05) is 0 Å². The van der Waals surface area contributed by atoms with Gasteiger partial charge in [-0.15, -0.1) is 11.3 Å². The van der Waals surface area contributed by atoms with Gasteiger partial charge in [0, 0.05) is 25.2 Å². The van der Waals surface area contributed by atoms with Gasteiger partial charge in [-0.05, 0) is 19.9 Å². The Balaban J connectivity index is 2.36. The zero-order valence-electron chi connectivity index (χ0n) is 10.6. The maximum Gasteiger partial charge on any atom is 0.208 e. The summed E-state index contributed by atoms with van der Waals surface area (Å²) in [5.41, 5.74) is 5.51. The summed E-state index contributed by atoms with van der Waals surface area (Å²) in [4.78, 5) is 19.9. The van der Waals surface area contributed by atoms with Crippen molar-refractivity contribution in [2.75, 3.05) is 20.6 Å². The fourth-order valence-electron chi connectivity index (χ4n) is 1.50. The molecule has 0 aliphatic heterocycles. The summed E-state index contributed by atoms with van der Waals surface area (Å²) in [5, 5.41) is 8.34. The Bertz CT molecular complexity index is 390. The number of hydrogen-bond donors (Lipinski definition) is 3. The molecular weight excluding hydrogens is 250 g/mol. The summed E-state index contributed by atoms with van der Waals surface area (Å²) in [6.07, 6.45) is 3.21. The Kier molecular flexibility index (Phi) is 6.31. The first kappa shape index (κ1) is 14.6. The summed E-state index contributed by atoms with van der Waals surface area (Å²) in [5.74, 6) is 0.465. The molecule has 6 nitrogen and oxygen atoms in total. The van der Waals surface area contributed by atoms with Gasteiger partial charge in [-0.2, -0.15) is 0 Å². The molecule has 0 aromatic carbocycles. The molecule has 1 aromatic rings. The molecule has 100 valence electrons. The van der Waals surface area contributed by atoms with E-state index in [0.717, 1.165) is 12.8 Å². The average Bonchev–Trinajstić information content (AvgIpc) is 2.91. The molecular formula is C11H19N5OS. The van der Waals surface area contributed by atoms with Crippen molar-refractivity contribution in [3.8, 4) is 0 Å². The molecule has 0 amide bonds. The SMILES string of the molecule is CN=C(N)NCCCC(NC)C(=O)c1nccs1. The van der Waals surface area contributed by atoms with Crippen molar-refractivity contribution >= 4 is 23.1 Å². The van der Waals surface area contributed by atoms with E-state index in [2.05, 4.69) is 20.6 Å². The summed E-state index contributed by atoms with van der Waals surface area (Å²) < 4.78 is 0. The van der Waals surface area contributed by atoms with Crippen LogP contribution in [0.4, 0.5) is 0 Å². The fraction of sp³-hybridized carbons (Fsp3) is 0.545. The highest BCUT2D eigenvalue weighted by Gasteiger charge is 2.19. The van der Waals surface area contributed by atoms with Gasteiger partial charge in [-0.1, -0.05) is 0 Å². The van der Waals surface area contributed by atoms with Crippen LogP contribution in [0.2, 0.25) is 0 Å². The van der Waals surface area contributed by atoms with Crippen LogP contribution in [-0.2, 0) is 0 Å². The lowest BCUT2D eigenvalue weighted by Crippen LogP contribution is -2.36. The topological polar surface area (TPSA) is 92.4 Å². The molecule has 0 spiro atoms. The molecule has 1 atom stereocenters. The molecule has 7 heteroatoms. The second-order valence-corrected chi connectivity index (χ2v) is 4.62. The molecule has 0 aliphatic rings. The molecule has 0 saturated heterocycles. The molecule has 0 aliphatic carbocycles. The maximum atomic E-state index is 12.0. The Hall–Kier alpha value is -1.47. The summed E-state index contributed by atoms with van der Waals surface area (Å²) in [7, 11) is 3.41. The number of nitrogens with zero attached hydrogens (tertiary/aromatic N) is 2. The lowest BCUT2D eigenvalue weighted by atomic mass is 10.1. The van der Waals surface area contributed by atoms with Crippen molar-refractivity contribution in [3.05, 3.63) is 16.6 Å². The number of hydrogen-bond acceptors (Lipinski definition) is 5. The molecule has 0 saturated carbocycles. The Morgan fingerprint density at radius 1 is 1.67 bits per heavy atom. The van der Waals surface area contributed by atoms with Gasteiger partial charge in [-0.3, -0.25) is 9.79 Å². The van der Waals surface area contributed by atoms with Crippen molar-refractivity contribution in [1.29, 1.82) is 0 Å². The average molecular weight is 269 g/mol. The highest BCUT2D eigenvalue weighted by atomic mass is 32.1. The molecule has 18 heavy (non-hydrogen) atoms. The molecule has 0 bridgehead atoms. The normalized spacial score (nSPS) is 13.3. The molecule has 4 N–H and O–H groups in total. The number of nitrogens with one attached hydrogen (secondary N) is 2.